The number of hydrogen-bond acceptors (Lipinski definition) is 2. The van der Waals surface area contributed by atoms with Gasteiger partial charge in [-0.1, -0.05) is 12.2 Å². The standard InChI is InChI=1S/C13H17NS/c1-9(14-12-4-5-15-8-12)13-7-10-2-3-11(13)6-10/h2-5,8-11,13-14H,6-7H2,1H3. The molecule has 2 bridgehead atoms. The minimum absolute atomic E-state index is 0.611. The van der Waals surface area contributed by atoms with E-state index in [1.807, 2.05) is 0 Å². The number of anilines is 1. The first kappa shape index (κ1) is 9.46. The average molecular weight is 219 g/mol. The molecule has 0 spiro atoms. The van der Waals surface area contributed by atoms with Gasteiger partial charge in [0.15, 0.2) is 0 Å². The third-order valence-electron chi connectivity index (χ3n) is 3.89. The van der Waals surface area contributed by atoms with Crippen molar-refractivity contribution in [3.8, 4) is 0 Å². The predicted molar refractivity (Wildman–Crippen MR) is 66.2 cm³/mol. The highest BCUT2D eigenvalue weighted by atomic mass is 32.1. The van der Waals surface area contributed by atoms with Crippen molar-refractivity contribution >= 4 is 17.0 Å². The fraction of sp³-hybridized carbons (Fsp3) is 0.538. The molecule has 1 saturated carbocycles. The van der Waals surface area contributed by atoms with Crippen LogP contribution in [-0.2, 0) is 0 Å². The van der Waals surface area contributed by atoms with Crippen LogP contribution in [0.25, 0.3) is 0 Å². The lowest BCUT2D eigenvalue weighted by atomic mass is 9.87. The fourth-order valence-corrected chi connectivity index (χ4v) is 3.71. The van der Waals surface area contributed by atoms with Crippen LogP contribution in [0.3, 0.4) is 0 Å². The Bertz CT molecular complexity index is 355. The summed E-state index contributed by atoms with van der Waals surface area (Å²) in [7, 11) is 0. The average Bonchev–Trinajstić information content (AvgIpc) is 2.93. The van der Waals surface area contributed by atoms with Gasteiger partial charge in [0.25, 0.3) is 0 Å². The molecule has 0 radical (unpaired) electrons. The van der Waals surface area contributed by atoms with Gasteiger partial charge in [-0.05, 0) is 49.0 Å². The van der Waals surface area contributed by atoms with Crippen molar-refractivity contribution in [1.82, 2.24) is 0 Å². The van der Waals surface area contributed by atoms with Gasteiger partial charge in [0, 0.05) is 17.1 Å². The molecule has 1 fully saturated rings. The maximum Gasteiger partial charge on any atom is 0.0450 e. The molecule has 2 aliphatic carbocycles. The summed E-state index contributed by atoms with van der Waals surface area (Å²) in [6.45, 7) is 2.33. The Labute approximate surface area is 95.2 Å². The Balaban J connectivity index is 1.66. The Hall–Kier alpha value is -0.760. The second kappa shape index (κ2) is 3.67. The van der Waals surface area contributed by atoms with Crippen molar-refractivity contribution in [3.05, 3.63) is 29.0 Å². The third kappa shape index (κ3) is 1.71. The van der Waals surface area contributed by atoms with E-state index in [4.69, 9.17) is 0 Å². The summed E-state index contributed by atoms with van der Waals surface area (Å²) in [6.07, 6.45) is 7.64. The highest BCUT2D eigenvalue weighted by Crippen LogP contribution is 2.45. The molecule has 80 valence electrons. The molecule has 2 heteroatoms. The summed E-state index contributed by atoms with van der Waals surface area (Å²) in [4.78, 5) is 0. The van der Waals surface area contributed by atoms with E-state index in [9.17, 15) is 0 Å². The van der Waals surface area contributed by atoms with E-state index >= 15 is 0 Å². The van der Waals surface area contributed by atoms with Crippen molar-refractivity contribution in [3.63, 3.8) is 0 Å². The van der Waals surface area contributed by atoms with Crippen molar-refractivity contribution in [2.24, 2.45) is 17.8 Å². The smallest absolute Gasteiger partial charge is 0.0450 e. The Morgan fingerprint density at radius 2 is 2.33 bits per heavy atom. The first-order valence-electron chi connectivity index (χ1n) is 5.80. The van der Waals surface area contributed by atoms with Gasteiger partial charge in [-0.25, -0.2) is 0 Å². The van der Waals surface area contributed by atoms with Crippen LogP contribution in [0, 0.1) is 17.8 Å². The first-order valence-corrected chi connectivity index (χ1v) is 6.74. The highest BCUT2D eigenvalue weighted by Gasteiger charge is 2.38. The van der Waals surface area contributed by atoms with Crippen molar-refractivity contribution in [2.75, 3.05) is 5.32 Å². The summed E-state index contributed by atoms with van der Waals surface area (Å²) in [5, 5.41) is 7.95. The van der Waals surface area contributed by atoms with Crippen molar-refractivity contribution in [2.45, 2.75) is 25.8 Å². The lowest BCUT2D eigenvalue weighted by Crippen LogP contribution is -2.28. The van der Waals surface area contributed by atoms with E-state index in [1.54, 1.807) is 11.3 Å². The number of hydrogen-bond donors (Lipinski definition) is 1. The molecule has 3 rings (SSSR count). The molecule has 4 unspecified atom stereocenters. The van der Waals surface area contributed by atoms with E-state index in [2.05, 4.69) is 41.2 Å². The normalized spacial score (nSPS) is 34.6. The molecule has 1 nitrogen and oxygen atoms in total. The van der Waals surface area contributed by atoms with Crippen LogP contribution in [-0.4, -0.2) is 6.04 Å². The van der Waals surface area contributed by atoms with Crippen LogP contribution in [0.2, 0.25) is 0 Å². The minimum Gasteiger partial charge on any atom is -0.382 e. The maximum absolute atomic E-state index is 3.63. The zero-order valence-electron chi connectivity index (χ0n) is 9.02. The summed E-state index contributed by atoms with van der Waals surface area (Å²) >= 11 is 1.76. The van der Waals surface area contributed by atoms with Gasteiger partial charge in [0.1, 0.15) is 0 Å². The van der Waals surface area contributed by atoms with Gasteiger partial charge >= 0.3 is 0 Å². The summed E-state index contributed by atoms with van der Waals surface area (Å²) in [5.74, 6) is 2.57. The second-order valence-corrected chi connectivity index (χ2v) is 5.67. The number of fused-ring (bicyclic) bond motifs is 2. The maximum atomic E-state index is 3.63. The summed E-state index contributed by atoms with van der Waals surface area (Å²) in [5.41, 5.74) is 1.29. The van der Waals surface area contributed by atoms with Crippen LogP contribution >= 0.6 is 11.3 Å². The van der Waals surface area contributed by atoms with E-state index in [-0.39, 0.29) is 0 Å². The van der Waals surface area contributed by atoms with Gasteiger partial charge < -0.3 is 5.32 Å². The molecule has 1 aromatic rings. The second-order valence-electron chi connectivity index (χ2n) is 4.89. The molecular formula is C13H17NS. The molecule has 0 amide bonds. The van der Waals surface area contributed by atoms with E-state index in [1.165, 1.54) is 18.5 Å². The molecule has 1 N–H and O–H groups in total. The van der Waals surface area contributed by atoms with E-state index in [0.717, 1.165) is 17.8 Å². The molecule has 15 heavy (non-hydrogen) atoms. The van der Waals surface area contributed by atoms with Crippen molar-refractivity contribution in [1.29, 1.82) is 0 Å². The van der Waals surface area contributed by atoms with Crippen LogP contribution in [0.15, 0.2) is 29.0 Å². The number of rotatable bonds is 3. The highest BCUT2D eigenvalue weighted by molar-refractivity contribution is 7.08. The van der Waals surface area contributed by atoms with Crippen molar-refractivity contribution < 1.29 is 0 Å². The quantitative estimate of drug-likeness (QED) is 0.763. The molecule has 1 heterocycles. The Kier molecular flexibility index (Phi) is 2.32. The lowest BCUT2D eigenvalue weighted by molar-refractivity contribution is 0.400. The Morgan fingerprint density at radius 1 is 1.40 bits per heavy atom. The largest absolute Gasteiger partial charge is 0.382 e. The molecule has 1 aromatic heterocycles. The predicted octanol–water partition coefficient (Wildman–Crippen LogP) is 3.76. The lowest BCUT2D eigenvalue weighted by Gasteiger charge is -2.26. The molecule has 0 saturated heterocycles. The SMILES string of the molecule is CC(Nc1ccsc1)C1CC2C=CC1C2. The molecule has 2 aliphatic rings. The number of allylic oxidation sites excluding steroid dienone is 2. The number of nitrogens with one attached hydrogen (secondary N) is 1. The summed E-state index contributed by atoms with van der Waals surface area (Å²) < 4.78 is 0. The van der Waals surface area contributed by atoms with Gasteiger partial charge in [0.05, 0.1) is 0 Å². The minimum atomic E-state index is 0.611. The van der Waals surface area contributed by atoms with Crippen LogP contribution < -0.4 is 5.32 Å². The van der Waals surface area contributed by atoms with Crippen LogP contribution in [0.5, 0.6) is 0 Å². The molecule has 0 aliphatic heterocycles. The van der Waals surface area contributed by atoms with Gasteiger partial charge in [-0.3, -0.25) is 0 Å². The molecular weight excluding hydrogens is 202 g/mol. The first-order chi connectivity index (χ1) is 7.33. The zero-order valence-corrected chi connectivity index (χ0v) is 9.84. The summed E-state index contributed by atoms with van der Waals surface area (Å²) in [6, 6.07) is 2.78. The zero-order chi connectivity index (χ0) is 10.3. The van der Waals surface area contributed by atoms with Gasteiger partial charge in [0.2, 0.25) is 0 Å². The molecule has 4 atom stereocenters. The van der Waals surface area contributed by atoms with Gasteiger partial charge in [-0.15, -0.1) is 0 Å². The Morgan fingerprint density at radius 3 is 2.93 bits per heavy atom. The molecule has 0 aromatic carbocycles. The third-order valence-corrected chi connectivity index (χ3v) is 4.57. The fourth-order valence-electron chi connectivity index (χ4n) is 3.11. The van der Waals surface area contributed by atoms with Crippen LogP contribution in [0.1, 0.15) is 19.8 Å². The monoisotopic (exact) mass is 219 g/mol. The topological polar surface area (TPSA) is 12.0 Å². The van der Waals surface area contributed by atoms with Crippen LogP contribution in [0.4, 0.5) is 5.69 Å². The number of thiophene rings is 1. The van der Waals surface area contributed by atoms with E-state index < -0.39 is 0 Å². The van der Waals surface area contributed by atoms with Gasteiger partial charge in [-0.2, -0.15) is 11.3 Å². The van der Waals surface area contributed by atoms with E-state index in [0.29, 0.717) is 6.04 Å².